The summed E-state index contributed by atoms with van der Waals surface area (Å²) in [4.78, 5) is 25.9. The number of amides is 2. The van der Waals surface area contributed by atoms with Crippen LogP contribution in [-0.2, 0) is 0 Å². The van der Waals surface area contributed by atoms with E-state index in [2.05, 4.69) is 34.4 Å². The highest BCUT2D eigenvalue weighted by molar-refractivity contribution is 5.98. The van der Waals surface area contributed by atoms with Crippen LogP contribution < -0.4 is 15.8 Å². The van der Waals surface area contributed by atoms with E-state index in [0.29, 0.717) is 18.0 Å². The largest absolute Gasteiger partial charge is 0.483 e. The van der Waals surface area contributed by atoms with Gasteiger partial charge in [-0.15, -0.1) is 0 Å². The summed E-state index contributed by atoms with van der Waals surface area (Å²) in [5.74, 6) is 1.19. The number of allylic oxidation sites excluding steroid dienone is 2. The van der Waals surface area contributed by atoms with E-state index in [9.17, 15) is 4.79 Å². The fourth-order valence-electron chi connectivity index (χ4n) is 5.57. The van der Waals surface area contributed by atoms with E-state index >= 15 is 0 Å². The summed E-state index contributed by atoms with van der Waals surface area (Å²) in [7, 11) is 0. The summed E-state index contributed by atoms with van der Waals surface area (Å²) in [6, 6.07) is 8.05. The van der Waals surface area contributed by atoms with Crippen LogP contribution in [0.25, 0.3) is 22.3 Å². The molecule has 3 N–H and O–H groups in total. The third kappa shape index (κ3) is 4.71. The third-order valence-corrected chi connectivity index (χ3v) is 7.62. The third-order valence-electron chi connectivity index (χ3n) is 7.62. The van der Waals surface area contributed by atoms with Crippen LogP contribution in [-0.4, -0.2) is 80.4 Å². The highest BCUT2D eigenvalue weighted by atomic mass is 16.5. The topological polar surface area (TPSA) is 114 Å². The maximum Gasteiger partial charge on any atom is 0.320 e. The lowest BCUT2D eigenvalue weighted by Gasteiger charge is -2.37. The number of likely N-dealkylation sites (tertiary alicyclic amines) is 1. The molecule has 2 saturated heterocycles. The summed E-state index contributed by atoms with van der Waals surface area (Å²) in [5.41, 5.74) is 8.34. The van der Waals surface area contributed by atoms with Gasteiger partial charge in [-0.1, -0.05) is 18.2 Å². The van der Waals surface area contributed by atoms with E-state index < -0.39 is 0 Å². The molecule has 2 amide bonds. The number of nitrogens with two attached hydrogens (primary N) is 1. The molecule has 10 nitrogen and oxygen atoms in total. The van der Waals surface area contributed by atoms with Crippen molar-refractivity contribution in [1.29, 1.82) is 0 Å². The van der Waals surface area contributed by atoms with Gasteiger partial charge >= 0.3 is 6.03 Å². The van der Waals surface area contributed by atoms with E-state index in [1.54, 1.807) is 0 Å². The average molecular weight is 515 g/mol. The molecule has 3 aliphatic rings. The second kappa shape index (κ2) is 10.1. The van der Waals surface area contributed by atoms with Crippen LogP contribution >= 0.6 is 0 Å². The molecule has 0 spiro atoms. The Balaban J connectivity index is 1.28. The highest BCUT2D eigenvalue weighted by Crippen LogP contribution is 2.35. The van der Waals surface area contributed by atoms with E-state index in [0.717, 1.165) is 74.4 Å². The number of ether oxygens (including phenoxy) is 1. The van der Waals surface area contributed by atoms with E-state index in [4.69, 9.17) is 15.6 Å². The van der Waals surface area contributed by atoms with Crippen LogP contribution in [0.5, 0.6) is 5.75 Å². The molecule has 0 radical (unpaired) electrons. The Labute approximate surface area is 222 Å². The lowest BCUT2D eigenvalue weighted by molar-refractivity contribution is 0.123. The Kier molecular flexibility index (Phi) is 6.49. The number of carbonyl (C=O) groups excluding carboxylic acids is 1. The zero-order valence-corrected chi connectivity index (χ0v) is 21.7. The number of hydrogen-bond donors (Lipinski definition) is 2. The SMILES string of the molecule is CC1(Oc2ccc(-c3nn([C@@H]4CCCN(C(=O)N5CCNCC5)C4)c4ncnc(N)c34)cc2)C=CC=CC1. The molecule has 198 valence electrons. The van der Waals surface area contributed by atoms with Gasteiger partial charge in [-0.2, -0.15) is 5.10 Å². The Hall–Kier alpha value is -3.92. The zero-order valence-electron chi connectivity index (χ0n) is 21.7. The van der Waals surface area contributed by atoms with E-state index in [1.807, 2.05) is 50.9 Å². The first-order chi connectivity index (χ1) is 18.5. The van der Waals surface area contributed by atoms with Crippen LogP contribution in [0, 0.1) is 0 Å². The van der Waals surface area contributed by atoms with Crippen molar-refractivity contribution in [3.63, 3.8) is 0 Å². The van der Waals surface area contributed by atoms with Crippen molar-refractivity contribution >= 4 is 22.9 Å². The lowest BCUT2D eigenvalue weighted by Crippen LogP contribution is -2.53. The van der Waals surface area contributed by atoms with Crippen molar-refractivity contribution in [1.82, 2.24) is 34.9 Å². The summed E-state index contributed by atoms with van der Waals surface area (Å²) < 4.78 is 8.22. The van der Waals surface area contributed by atoms with Crippen molar-refractivity contribution in [2.45, 2.75) is 37.8 Å². The maximum atomic E-state index is 13.2. The van der Waals surface area contributed by atoms with Gasteiger partial charge < -0.3 is 25.6 Å². The molecule has 6 rings (SSSR count). The molecule has 1 aliphatic carbocycles. The number of aromatic nitrogens is 4. The normalized spacial score (nSPS) is 23.7. The number of nitrogens with zero attached hydrogens (tertiary/aromatic N) is 6. The Morgan fingerprint density at radius 3 is 2.68 bits per heavy atom. The number of nitrogens with one attached hydrogen (secondary N) is 1. The van der Waals surface area contributed by atoms with Gasteiger partial charge in [-0.3, -0.25) is 0 Å². The molecule has 0 saturated carbocycles. The van der Waals surface area contributed by atoms with Crippen molar-refractivity contribution in [2.75, 3.05) is 45.0 Å². The standard InChI is InChI=1S/C28H34N8O2/c1-28(11-3-2-4-12-28)38-22-9-7-20(8-10-22)24-23-25(29)31-19-32-26(23)36(33-24)21-6-5-15-35(18-21)27(37)34-16-13-30-14-17-34/h2-4,7-11,19,21,30H,5-6,12-18H2,1H3,(H2,29,31,32)/t21-,28?/m1/s1. The van der Waals surface area contributed by atoms with Crippen LogP contribution in [0.1, 0.15) is 32.2 Å². The number of nitrogen functional groups attached to an aromatic ring is 1. The molecule has 2 aromatic heterocycles. The van der Waals surface area contributed by atoms with Gasteiger partial charge in [0.15, 0.2) is 5.65 Å². The first-order valence-corrected chi connectivity index (χ1v) is 13.4. The Bertz CT molecular complexity index is 1380. The molecule has 1 aromatic carbocycles. The van der Waals surface area contributed by atoms with Gasteiger partial charge in [-0.05, 0) is 50.1 Å². The molecule has 2 aliphatic heterocycles. The number of benzene rings is 1. The molecule has 1 unspecified atom stereocenters. The molecule has 3 aromatic rings. The predicted octanol–water partition coefficient (Wildman–Crippen LogP) is 3.39. The van der Waals surface area contributed by atoms with Crippen LogP contribution in [0.4, 0.5) is 10.6 Å². The van der Waals surface area contributed by atoms with Crippen molar-refractivity contribution in [3.05, 3.63) is 54.9 Å². The molecule has 10 heteroatoms. The fraction of sp³-hybridized carbons (Fsp3) is 0.429. The van der Waals surface area contributed by atoms with Gasteiger partial charge in [0.05, 0.1) is 11.4 Å². The smallest absolute Gasteiger partial charge is 0.320 e. The average Bonchev–Trinajstić information content (AvgIpc) is 3.35. The summed E-state index contributed by atoms with van der Waals surface area (Å²) >= 11 is 0. The molecule has 4 heterocycles. The number of anilines is 1. The van der Waals surface area contributed by atoms with E-state index in [1.165, 1.54) is 6.33 Å². The fourth-order valence-corrected chi connectivity index (χ4v) is 5.57. The van der Waals surface area contributed by atoms with Gasteiger partial charge in [0.1, 0.15) is 29.2 Å². The summed E-state index contributed by atoms with van der Waals surface area (Å²) in [6.45, 7) is 6.58. The monoisotopic (exact) mass is 514 g/mol. The summed E-state index contributed by atoms with van der Waals surface area (Å²) in [5, 5.41) is 9.07. The molecular weight excluding hydrogens is 480 g/mol. The van der Waals surface area contributed by atoms with Crippen LogP contribution in [0.15, 0.2) is 54.9 Å². The quantitative estimate of drug-likeness (QED) is 0.548. The van der Waals surface area contributed by atoms with Crippen molar-refractivity contribution in [3.8, 4) is 17.0 Å². The Morgan fingerprint density at radius 2 is 1.92 bits per heavy atom. The highest BCUT2D eigenvalue weighted by Gasteiger charge is 2.31. The first-order valence-electron chi connectivity index (χ1n) is 13.4. The second-order valence-corrected chi connectivity index (χ2v) is 10.4. The van der Waals surface area contributed by atoms with Gasteiger partial charge in [0.2, 0.25) is 0 Å². The van der Waals surface area contributed by atoms with Gasteiger partial charge in [-0.25, -0.2) is 19.4 Å². The lowest BCUT2D eigenvalue weighted by atomic mass is 9.97. The molecule has 2 fully saturated rings. The predicted molar refractivity (Wildman–Crippen MR) is 147 cm³/mol. The van der Waals surface area contributed by atoms with Crippen LogP contribution in [0.2, 0.25) is 0 Å². The van der Waals surface area contributed by atoms with Crippen molar-refractivity contribution in [2.24, 2.45) is 0 Å². The summed E-state index contributed by atoms with van der Waals surface area (Å²) in [6.07, 6.45) is 12.4. The van der Waals surface area contributed by atoms with Crippen LogP contribution in [0.3, 0.4) is 0 Å². The molecule has 38 heavy (non-hydrogen) atoms. The number of piperazine rings is 1. The number of hydrogen-bond acceptors (Lipinski definition) is 7. The second-order valence-electron chi connectivity index (χ2n) is 10.4. The number of fused-ring (bicyclic) bond motifs is 1. The minimum Gasteiger partial charge on any atom is -0.483 e. The molecule has 2 atom stereocenters. The van der Waals surface area contributed by atoms with Gasteiger partial charge in [0.25, 0.3) is 0 Å². The number of urea groups is 1. The minimum atomic E-state index is -0.363. The molecular formula is C28H34N8O2. The minimum absolute atomic E-state index is 0.00913. The van der Waals surface area contributed by atoms with Crippen molar-refractivity contribution < 1.29 is 9.53 Å². The number of piperidine rings is 1. The van der Waals surface area contributed by atoms with Gasteiger partial charge in [0, 0.05) is 51.3 Å². The number of rotatable bonds is 4. The molecule has 0 bridgehead atoms. The zero-order chi connectivity index (χ0) is 26.1. The number of carbonyl (C=O) groups is 1. The Morgan fingerprint density at radius 1 is 1.11 bits per heavy atom. The first kappa shape index (κ1) is 24.4. The van der Waals surface area contributed by atoms with E-state index in [-0.39, 0.29) is 17.7 Å². The maximum absolute atomic E-state index is 13.2.